The Labute approximate surface area is 86.9 Å². The summed E-state index contributed by atoms with van der Waals surface area (Å²) >= 11 is 0. The van der Waals surface area contributed by atoms with Gasteiger partial charge in [0.25, 0.3) is 0 Å². The van der Waals surface area contributed by atoms with E-state index in [0.717, 1.165) is 21.8 Å². The first-order chi connectivity index (χ1) is 7.43. The fourth-order valence-corrected chi connectivity index (χ4v) is 1.70. The molecule has 3 nitrogen and oxygen atoms in total. The van der Waals surface area contributed by atoms with Gasteiger partial charge in [0, 0.05) is 18.6 Å². The molecule has 0 N–H and O–H groups in total. The van der Waals surface area contributed by atoms with E-state index in [1.807, 2.05) is 24.4 Å². The molecule has 0 spiro atoms. The maximum absolute atomic E-state index is 4.39. The molecule has 0 saturated carbocycles. The molecule has 3 heteroatoms. The second-order valence-corrected chi connectivity index (χ2v) is 3.40. The van der Waals surface area contributed by atoms with Gasteiger partial charge in [0.1, 0.15) is 0 Å². The normalized spacial score (nSPS) is 16.0. The molecule has 3 rings (SSSR count). The van der Waals surface area contributed by atoms with Crippen molar-refractivity contribution in [2.45, 2.75) is 0 Å². The summed E-state index contributed by atoms with van der Waals surface area (Å²) in [6, 6.07) is 4.11. The van der Waals surface area contributed by atoms with Gasteiger partial charge < -0.3 is 0 Å². The fourth-order valence-electron chi connectivity index (χ4n) is 1.70. The number of fused-ring (bicyclic) bond motifs is 2. The zero-order valence-electron chi connectivity index (χ0n) is 8.09. The van der Waals surface area contributed by atoms with Crippen molar-refractivity contribution in [3.05, 3.63) is 34.5 Å². The van der Waals surface area contributed by atoms with E-state index in [1.54, 1.807) is 12.4 Å². The first kappa shape index (κ1) is 8.29. The Bertz CT molecular complexity index is 606. The average Bonchev–Trinajstić information content (AvgIpc) is 2.50. The minimum atomic E-state index is 0.676. The molecule has 72 valence electrons. The lowest BCUT2D eigenvalue weighted by atomic mass is 10.1. The summed E-state index contributed by atoms with van der Waals surface area (Å²) in [5.41, 5.74) is 2.09. The summed E-state index contributed by atoms with van der Waals surface area (Å²) in [7, 11) is 0. The van der Waals surface area contributed by atoms with Crippen molar-refractivity contribution in [3.8, 4) is 0 Å². The molecule has 2 aliphatic rings. The van der Waals surface area contributed by atoms with E-state index in [9.17, 15) is 0 Å². The van der Waals surface area contributed by atoms with Gasteiger partial charge in [-0.1, -0.05) is 0 Å². The highest BCUT2D eigenvalue weighted by molar-refractivity contribution is 5.93. The Hall–Kier alpha value is -2.03. The van der Waals surface area contributed by atoms with Crippen molar-refractivity contribution in [2.24, 2.45) is 15.0 Å². The molecule has 15 heavy (non-hydrogen) atoms. The number of hydrogen-bond acceptors (Lipinski definition) is 3. The maximum Gasteiger partial charge on any atom is 0.0885 e. The van der Waals surface area contributed by atoms with Gasteiger partial charge in [-0.2, -0.15) is 0 Å². The largest absolute Gasteiger partial charge is 0.277 e. The predicted octanol–water partition coefficient (Wildman–Crippen LogP) is 0.858. The molecule has 0 aliphatic carbocycles. The molecule has 1 aromatic carbocycles. The fraction of sp³-hybridized carbons (Fsp3) is 0.0833. The van der Waals surface area contributed by atoms with E-state index in [2.05, 4.69) is 21.0 Å². The Kier molecular flexibility index (Phi) is 1.81. The molecule has 0 saturated heterocycles. The minimum absolute atomic E-state index is 0.676. The molecule has 1 aromatic rings. The zero-order valence-corrected chi connectivity index (χ0v) is 8.09. The zero-order chi connectivity index (χ0) is 10.1. The summed E-state index contributed by atoms with van der Waals surface area (Å²) in [6.45, 7) is 0.676. The Morgan fingerprint density at radius 2 is 2.20 bits per heavy atom. The van der Waals surface area contributed by atoms with E-state index in [-0.39, 0.29) is 0 Å². The molecule has 0 fully saturated rings. The van der Waals surface area contributed by atoms with Gasteiger partial charge in [-0.3, -0.25) is 15.0 Å². The van der Waals surface area contributed by atoms with Gasteiger partial charge in [-0.05, 0) is 35.1 Å². The monoisotopic (exact) mass is 195 g/mol. The van der Waals surface area contributed by atoms with Crippen LogP contribution in [-0.4, -0.2) is 19.0 Å². The van der Waals surface area contributed by atoms with Crippen molar-refractivity contribution < 1.29 is 0 Å². The smallest absolute Gasteiger partial charge is 0.0885 e. The molecule has 2 heterocycles. The van der Waals surface area contributed by atoms with Crippen LogP contribution in [-0.2, 0) is 0 Å². The van der Waals surface area contributed by atoms with Crippen molar-refractivity contribution in [2.75, 3.05) is 6.54 Å². The van der Waals surface area contributed by atoms with Gasteiger partial charge in [0.2, 0.25) is 0 Å². The van der Waals surface area contributed by atoms with Crippen molar-refractivity contribution in [3.63, 3.8) is 0 Å². The predicted molar refractivity (Wildman–Crippen MR) is 62.2 cm³/mol. The standard InChI is InChI=1S/C12H9N3/c1-3-13-4-2-10-8-12-11(7-9(1)10)14-5-6-15-12/h1-5,7-8H,6H2. The van der Waals surface area contributed by atoms with Crippen LogP contribution in [0.5, 0.6) is 0 Å². The van der Waals surface area contributed by atoms with Crippen LogP contribution >= 0.6 is 0 Å². The SMILES string of the molecule is C1=Cc2cc3c(cc2=CC=N1)N=CCN=3. The molecule has 0 atom stereocenters. The third-order valence-corrected chi connectivity index (χ3v) is 2.43. The molecule has 2 aliphatic heterocycles. The minimum Gasteiger partial charge on any atom is -0.277 e. The Morgan fingerprint density at radius 3 is 3.20 bits per heavy atom. The highest BCUT2D eigenvalue weighted by Gasteiger charge is 2.02. The third-order valence-electron chi connectivity index (χ3n) is 2.43. The van der Waals surface area contributed by atoms with Crippen LogP contribution in [0.3, 0.4) is 0 Å². The van der Waals surface area contributed by atoms with Crippen LogP contribution in [0, 0.1) is 0 Å². The number of hydrogen-bond donors (Lipinski definition) is 0. The second kappa shape index (κ2) is 3.28. The van der Waals surface area contributed by atoms with E-state index in [4.69, 9.17) is 0 Å². The van der Waals surface area contributed by atoms with Crippen LogP contribution < -0.4 is 10.6 Å². The third kappa shape index (κ3) is 1.42. The molecule has 0 bridgehead atoms. The van der Waals surface area contributed by atoms with E-state index in [0.29, 0.717) is 6.54 Å². The summed E-state index contributed by atoms with van der Waals surface area (Å²) in [4.78, 5) is 12.8. The van der Waals surface area contributed by atoms with E-state index >= 15 is 0 Å². The number of aliphatic imine (C=N–C) groups is 2. The van der Waals surface area contributed by atoms with Crippen molar-refractivity contribution in [1.29, 1.82) is 0 Å². The number of benzene rings is 1. The molecule has 0 radical (unpaired) electrons. The van der Waals surface area contributed by atoms with Crippen LogP contribution in [0.15, 0.2) is 33.3 Å². The number of nitrogens with zero attached hydrogens (tertiary/aromatic N) is 3. The highest BCUT2D eigenvalue weighted by Crippen LogP contribution is 2.06. The number of rotatable bonds is 0. The topological polar surface area (TPSA) is 37.1 Å². The van der Waals surface area contributed by atoms with Gasteiger partial charge in [-0.15, -0.1) is 0 Å². The lowest BCUT2D eigenvalue weighted by Crippen LogP contribution is -2.16. The quantitative estimate of drug-likeness (QED) is 0.589. The van der Waals surface area contributed by atoms with Crippen LogP contribution in [0.4, 0.5) is 5.69 Å². The summed E-state index contributed by atoms with van der Waals surface area (Å²) in [6.07, 6.45) is 9.39. The van der Waals surface area contributed by atoms with E-state index < -0.39 is 0 Å². The summed E-state index contributed by atoms with van der Waals surface area (Å²) < 4.78 is 0. The van der Waals surface area contributed by atoms with E-state index in [1.165, 1.54) is 0 Å². The highest BCUT2D eigenvalue weighted by atomic mass is 14.8. The lowest BCUT2D eigenvalue weighted by molar-refractivity contribution is 1.15. The lowest BCUT2D eigenvalue weighted by Gasteiger charge is -2.02. The molecule has 0 unspecified atom stereocenters. The van der Waals surface area contributed by atoms with Gasteiger partial charge in [0.05, 0.1) is 17.6 Å². The first-order valence-electron chi connectivity index (χ1n) is 4.85. The van der Waals surface area contributed by atoms with Gasteiger partial charge in [0.15, 0.2) is 0 Å². The summed E-state index contributed by atoms with van der Waals surface area (Å²) in [5, 5.41) is 2.11. The molecular weight excluding hydrogens is 186 g/mol. The second-order valence-electron chi connectivity index (χ2n) is 3.40. The van der Waals surface area contributed by atoms with Crippen LogP contribution in [0.1, 0.15) is 5.56 Å². The van der Waals surface area contributed by atoms with Crippen LogP contribution in [0.25, 0.3) is 12.2 Å². The molecule has 0 aromatic heterocycles. The van der Waals surface area contributed by atoms with Crippen molar-refractivity contribution >= 4 is 30.3 Å². The van der Waals surface area contributed by atoms with Gasteiger partial charge in [-0.25, -0.2) is 0 Å². The van der Waals surface area contributed by atoms with Crippen LogP contribution in [0.2, 0.25) is 0 Å². The average molecular weight is 195 g/mol. The van der Waals surface area contributed by atoms with Crippen molar-refractivity contribution in [1.82, 2.24) is 0 Å². The Morgan fingerprint density at radius 1 is 1.20 bits per heavy atom. The maximum atomic E-state index is 4.39. The Balaban J connectivity index is 2.37. The molecule has 0 amide bonds. The first-order valence-corrected chi connectivity index (χ1v) is 4.85. The van der Waals surface area contributed by atoms with Gasteiger partial charge >= 0.3 is 0 Å². The molecular formula is C12H9N3. The summed E-state index contributed by atoms with van der Waals surface area (Å²) in [5.74, 6) is 0.